The van der Waals surface area contributed by atoms with Crippen LogP contribution in [0.1, 0.15) is 82.8 Å². The molecule has 0 aromatic heterocycles. The summed E-state index contributed by atoms with van der Waals surface area (Å²) in [5.41, 5.74) is 8.04. The molecule has 4 saturated carbocycles. The Morgan fingerprint density at radius 1 is 1.15 bits per heavy atom. The first kappa shape index (κ1) is 22.6. The standard InChI is InChI=1S/C29H39N3O/c1-18-3-6-22-20(13-18)5-7-24-23(22)11-12-29(2)25(24)8-9-26(29)28(33)17-32-16-21-14-19(15-30)4-10-27(21)31/h4,10,14,16,18,20,22-26H,3,5-9,11-13,17,31H2,1-2H3. The van der Waals surface area contributed by atoms with Crippen LogP contribution in [0.25, 0.3) is 0 Å². The lowest BCUT2D eigenvalue weighted by atomic mass is 9.49. The lowest BCUT2D eigenvalue weighted by Crippen LogP contribution is -2.49. The summed E-state index contributed by atoms with van der Waals surface area (Å²) in [5, 5.41) is 9.12. The molecule has 4 aliphatic rings. The Balaban J connectivity index is 1.26. The van der Waals surface area contributed by atoms with Crippen molar-refractivity contribution in [2.45, 2.75) is 71.6 Å². The van der Waals surface area contributed by atoms with E-state index < -0.39 is 0 Å². The summed E-state index contributed by atoms with van der Waals surface area (Å²) in [6.07, 6.45) is 13.6. The molecule has 0 heterocycles. The van der Waals surface area contributed by atoms with E-state index >= 15 is 0 Å². The zero-order chi connectivity index (χ0) is 23.2. The smallest absolute Gasteiger partial charge is 0.157 e. The molecule has 8 unspecified atom stereocenters. The van der Waals surface area contributed by atoms with Crippen LogP contribution in [0.15, 0.2) is 23.2 Å². The van der Waals surface area contributed by atoms with Crippen LogP contribution in [0.4, 0.5) is 5.69 Å². The minimum atomic E-state index is 0.146. The fourth-order valence-electron chi connectivity index (χ4n) is 8.72. The van der Waals surface area contributed by atoms with Crippen LogP contribution in [0.2, 0.25) is 0 Å². The number of carbonyl (C=O) groups is 1. The number of aliphatic imine (C=N–C) groups is 1. The molecule has 4 aliphatic carbocycles. The highest BCUT2D eigenvalue weighted by Crippen LogP contribution is 2.64. The number of nitrogens with two attached hydrogens (primary N) is 1. The molecule has 1 aromatic rings. The second-order valence-corrected chi connectivity index (χ2v) is 11.9. The molecular formula is C29H39N3O. The maximum atomic E-state index is 13.3. The van der Waals surface area contributed by atoms with Gasteiger partial charge in [0.25, 0.3) is 0 Å². The molecule has 0 aliphatic heterocycles. The molecule has 8 atom stereocenters. The van der Waals surface area contributed by atoms with Gasteiger partial charge in [-0.1, -0.05) is 20.3 Å². The van der Waals surface area contributed by atoms with Crippen LogP contribution < -0.4 is 5.73 Å². The van der Waals surface area contributed by atoms with E-state index in [-0.39, 0.29) is 17.9 Å². The van der Waals surface area contributed by atoms with E-state index in [0.29, 0.717) is 17.0 Å². The third-order valence-corrected chi connectivity index (χ3v) is 10.3. The zero-order valence-corrected chi connectivity index (χ0v) is 20.3. The maximum absolute atomic E-state index is 13.3. The summed E-state index contributed by atoms with van der Waals surface area (Å²) in [5.74, 6) is 5.76. The number of nitrogen functional groups attached to an aromatic ring is 1. The molecule has 0 saturated heterocycles. The topological polar surface area (TPSA) is 79.2 Å². The van der Waals surface area contributed by atoms with E-state index in [1.165, 1.54) is 51.4 Å². The van der Waals surface area contributed by atoms with Crippen molar-refractivity contribution in [3.63, 3.8) is 0 Å². The molecule has 4 fully saturated rings. The number of rotatable bonds is 4. The highest BCUT2D eigenvalue weighted by molar-refractivity contribution is 5.90. The Hall–Kier alpha value is -2.15. The lowest BCUT2D eigenvalue weighted by Gasteiger charge is -2.56. The number of hydrogen-bond donors (Lipinski definition) is 1. The van der Waals surface area contributed by atoms with Gasteiger partial charge in [0.2, 0.25) is 0 Å². The van der Waals surface area contributed by atoms with E-state index in [1.54, 1.807) is 24.4 Å². The molecule has 33 heavy (non-hydrogen) atoms. The Morgan fingerprint density at radius 2 is 1.97 bits per heavy atom. The second kappa shape index (κ2) is 8.90. The molecule has 0 radical (unpaired) electrons. The highest BCUT2D eigenvalue weighted by atomic mass is 16.1. The molecule has 176 valence electrons. The number of Topliss-reactive ketones (excluding diaryl/α,β-unsaturated/α-hetero) is 1. The van der Waals surface area contributed by atoms with Gasteiger partial charge in [-0.2, -0.15) is 5.26 Å². The van der Waals surface area contributed by atoms with E-state index in [2.05, 4.69) is 24.9 Å². The van der Waals surface area contributed by atoms with Crippen molar-refractivity contribution in [3.05, 3.63) is 29.3 Å². The normalized spacial score (nSPS) is 40.0. The first-order valence-electron chi connectivity index (χ1n) is 13.2. The summed E-state index contributed by atoms with van der Waals surface area (Å²) in [6.45, 7) is 5.10. The molecular weight excluding hydrogens is 406 g/mol. The van der Waals surface area contributed by atoms with Crippen LogP contribution in [0, 0.1) is 58.2 Å². The zero-order valence-electron chi connectivity index (χ0n) is 20.3. The average molecular weight is 446 g/mol. The van der Waals surface area contributed by atoms with Gasteiger partial charge in [0.1, 0.15) is 0 Å². The van der Waals surface area contributed by atoms with Crippen LogP contribution in [-0.4, -0.2) is 18.5 Å². The highest BCUT2D eigenvalue weighted by Gasteiger charge is 2.58. The second-order valence-electron chi connectivity index (χ2n) is 11.9. The fraction of sp³-hybridized carbons (Fsp3) is 0.690. The van der Waals surface area contributed by atoms with Crippen molar-refractivity contribution >= 4 is 17.7 Å². The monoisotopic (exact) mass is 445 g/mol. The van der Waals surface area contributed by atoms with Gasteiger partial charge in [0.05, 0.1) is 18.2 Å². The van der Waals surface area contributed by atoms with Crippen LogP contribution >= 0.6 is 0 Å². The first-order chi connectivity index (χ1) is 15.9. The van der Waals surface area contributed by atoms with Gasteiger partial charge >= 0.3 is 0 Å². The predicted molar refractivity (Wildman–Crippen MR) is 133 cm³/mol. The van der Waals surface area contributed by atoms with Crippen molar-refractivity contribution in [3.8, 4) is 6.07 Å². The van der Waals surface area contributed by atoms with E-state index in [4.69, 9.17) is 11.0 Å². The molecule has 2 N–H and O–H groups in total. The molecule has 4 nitrogen and oxygen atoms in total. The fourth-order valence-corrected chi connectivity index (χ4v) is 8.72. The largest absolute Gasteiger partial charge is 0.398 e. The lowest BCUT2D eigenvalue weighted by molar-refractivity contribution is -0.129. The van der Waals surface area contributed by atoms with Crippen molar-refractivity contribution in [1.29, 1.82) is 5.26 Å². The maximum Gasteiger partial charge on any atom is 0.157 e. The van der Waals surface area contributed by atoms with Gasteiger partial charge in [-0.3, -0.25) is 9.79 Å². The summed E-state index contributed by atoms with van der Waals surface area (Å²) in [4.78, 5) is 17.8. The third kappa shape index (κ3) is 4.02. The number of anilines is 1. The van der Waals surface area contributed by atoms with Crippen molar-refractivity contribution in [2.75, 3.05) is 12.3 Å². The van der Waals surface area contributed by atoms with Crippen molar-refractivity contribution in [1.82, 2.24) is 0 Å². The van der Waals surface area contributed by atoms with E-state index in [9.17, 15) is 4.79 Å². The molecule has 0 spiro atoms. The SMILES string of the molecule is CC1CCC2C(CCC3C2CCC2(C)C(C(=O)CN=Cc4cc(C#N)ccc4N)CCC32)C1. The minimum absolute atomic E-state index is 0.146. The molecule has 4 heteroatoms. The Labute approximate surface area is 199 Å². The summed E-state index contributed by atoms with van der Waals surface area (Å²) in [7, 11) is 0. The number of nitrogens with zero attached hydrogens (tertiary/aromatic N) is 2. The predicted octanol–water partition coefficient (Wildman–Crippen LogP) is 6.03. The Morgan fingerprint density at radius 3 is 2.79 bits per heavy atom. The number of nitriles is 1. The number of fused-ring (bicyclic) bond motifs is 5. The first-order valence-corrected chi connectivity index (χ1v) is 13.2. The third-order valence-electron chi connectivity index (χ3n) is 10.3. The Bertz CT molecular complexity index is 978. The molecule has 5 rings (SSSR count). The molecule has 0 amide bonds. The minimum Gasteiger partial charge on any atom is -0.398 e. The van der Waals surface area contributed by atoms with Gasteiger partial charge in [-0.05, 0) is 110 Å². The van der Waals surface area contributed by atoms with Gasteiger partial charge in [-0.25, -0.2) is 0 Å². The van der Waals surface area contributed by atoms with Crippen LogP contribution in [0.3, 0.4) is 0 Å². The summed E-state index contributed by atoms with van der Waals surface area (Å²) in [6, 6.07) is 7.30. The van der Waals surface area contributed by atoms with E-state index in [1.807, 2.05) is 0 Å². The quantitative estimate of drug-likeness (QED) is 0.454. The number of ketones is 1. The van der Waals surface area contributed by atoms with Gasteiger partial charge in [-0.15, -0.1) is 0 Å². The number of benzene rings is 1. The van der Waals surface area contributed by atoms with Crippen molar-refractivity contribution in [2.24, 2.45) is 51.8 Å². The van der Waals surface area contributed by atoms with Gasteiger partial charge < -0.3 is 5.73 Å². The van der Waals surface area contributed by atoms with Crippen molar-refractivity contribution < 1.29 is 4.79 Å². The molecule has 1 aromatic carbocycles. The molecule has 0 bridgehead atoms. The number of carbonyl (C=O) groups excluding carboxylic acids is 1. The Kier molecular flexibility index (Phi) is 6.10. The van der Waals surface area contributed by atoms with E-state index in [0.717, 1.165) is 47.5 Å². The average Bonchev–Trinajstić information content (AvgIpc) is 3.17. The summed E-state index contributed by atoms with van der Waals surface area (Å²) >= 11 is 0. The van der Waals surface area contributed by atoms with Gasteiger partial charge in [0, 0.05) is 23.4 Å². The summed E-state index contributed by atoms with van der Waals surface area (Å²) < 4.78 is 0. The van der Waals surface area contributed by atoms with Crippen LogP contribution in [-0.2, 0) is 4.79 Å². The van der Waals surface area contributed by atoms with Crippen LogP contribution in [0.5, 0.6) is 0 Å². The number of hydrogen-bond acceptors (Lipinski definition) is 4. The van der Waals surface area contributed by atoms with Gasteiger partial charge in [0.15, 0.2) is 5.78 Å².